The number of carboxylic acids is 1. The monoisotopic (exact) mass is 181 g/mol. The topological polar surface area (TPSA) is 49.3 Å². The van der Waals surface area contributed by atoms with Gasteiger partial charge in [-0.2, -0.15) is 0 Å². The van der Waals surface area contributed by atoms with Gasteiger partial charge in [-0.05, 0) is 37.8 Å². The van der Waals surface area contributed by atoms with E-state index in [1.165, 1.54) is 0 Å². The SMILES string of the molecule is CNCC1C2C=CC(C2)C1C(=O)O. The predicted octanol–water partition coefficient (Wildman–Crippen LogP) is 0.729. The van der Waals surface area contributed by atoms with Gasteiger partial charge >= 0.3 is 5.97 Å². The number of carbonyl (C=O) groups is 1. The molecule has 0 aliphatic heterocycles. The molecule has 0 aromatic carbocycles. The van der Waals surface area contributed by atoms with Crippen molar-refractivity contribution >= 4 is 5.97 Å². The first-order chi connectivity index (χ1) is 6.24. The van der Waals surface area contributed by atoms with E-state index in [0.717, 1.165) is 13.0 Å². The van der Waals surface area contributed by atoms with Crippen LogP contribution in [0.25, 0.3) is 0 Å². The van der Waals surface area contributed by atoms with E-state index in [4.69, 9.17) is 5.11 Å². The molecule has 0 heterocycles. The van der Waals surface area contributed by atoms with Crippen LogP contribution in [-0.4, -0.2) is 24.7 Å². The summed E-state index contributed by atoms with van der Waals surface area (Å²) in [5.74, 6) is 0.316. The summed E-state index contributed by atoms with van der Waals surface area (Å²) in [7, 11) is 1.88. The third-order valence-electron chi connectivity index (χ3n) is 3.35. The maximum Gasteiger partial charge on any atom is 0.307 e. The van der Waals surface area contributed by atoms with E-state index in [9.17, 15) is 4.79 Å². The molecule has 4 unspecified atom stereocenters. The van der Waals surface area contributed by atoms with Gasteiger partial charge in [0.2, 0.25) is 0 Å². The molecule has 2 aliphatic carbocycles. The quantitative estimate of drug-likeness (QED) is 0.631. The smallest absolute Gasteiger partial charge is 0.307 e. The van der Waals surface area contributed by atoms with Crippen molar-refractivity contribution in [3.8, 4) is 0 Å². The molecule has 2 aliphatic rings. The van der Waals surface area contributed by atoms with Crippen LogP contribution in [0.4, 0.5) is 0 Å². The molecule has 3 heteroatoms. The summed E-state index contributed by atoms with van der Waals surface area (Å²) in [5, 5.41) is 12.2. The molecule has 0 aromatic heterocycles. The van der Waals surface area contributed by atoms with Crippen LogP contribution in [0.2, 0.25) is 0 Å². The van der Waals surface area contributed by atoms with Crippen molar-refractivity contribution in [2.45, 2.75) is 6.42 Å². The molecular formula is C10H15NO2. The molecule has 1 saturated carbocycles. The Morgan fingerprint density at radius 2 is 2.23 bits per heavy atom. The van der Waals surface area contributed by atoms with Crippen LogP contribution in [0.3, 0.4) is 0 Å². The molecule has 2 N–H and O–H groups in total. The van der Waals surface area contributed by atoms with Crippen molar-refractivity contribution in [1.82, 2.24) is 5.32 Å². The minimum absolute atomic E-state index is 0.151. The molecule has 4 atom stereocenters. The molecule has 0 saturated heterocycles. The lowest BCUT2D eigenvalue weighted by Gasteiger charge is -2.24. The summed E-state index contributed by atoms with van der Waals surface area (Å²) < 4.78 is 0. The Morgan fingerprint density at radius 3 is 2.85 bits per heavy atom. The number of allylic oxidation sites excluding steroid dienone is 2. The number of carboxylic acid groups (broad SMARTS) is 1. The zero-order valence-corrected chi connectivity index (χ0v) is 7.73. The maximum absolute atomic E-state index is 11.0. The van der Waals surface area contributed by atoms with Crippen molar-refractivity contribution in [3.05, 3.63) is 12.2 Å². The Hall–Kier alpha value is -0.830. The first-order valence-electron chi connectivity index (χ1n) is 4.79. The summed E-state index contributed by atoms with van der Waals surface area (Å²) in [4.78, 5) is 11.0. The maximum atomic E-state index is 11.0. The number of fused-ring (bicyclic) bond motifs is 2. The van der Waals surface area contributed by atoms with Crippen LogP contribution < -0.4 is 5.32 Å². The summed E-state index contributed by atoms with van der Waals surface area (Å²) in [5.41, 5.74) is 0. The van der Waals surface area contributed by atoms with Crippen molar-refractivity contribution in [2.24, 2.45) is 23.7 Å². The highest BCUT2D eigenvalue weighted by Gasteiger charge is 2.47. The lowest BCUT2D eigenvalue weighted by Crippen LogP contribution is -2.33. The second kappa shape index (κ2) is 3.14. The minimum Gasteiger partial charge on any atom is -0.481 e. The lowest BCUT2D eigenvalue weighted by molar-refractivity contribution is -0.144. The Morgan fingerprint density at radius 1 is 1.54 bits per heavy atom. The fraction of sp³-hybridized carbons (Fsp3) is 0.700. The van der Waals surface area contributed by atoms with Crippen molar-refractivity contribution in [1.29, 1.82) is 0 Å². The van der Waals surface area contributed by atoms with Crippen molar-refractivity contribution < 1.29 is 9.90 Å². The van der Waals surface area contributed by atoms with E-state index in [2.05, 4.69) is 17.5 Å². The zero-order chi connectivity index (χ0) is 9.42. The van der Waals surface area contributed by atoms with Gasteiger partial charge in [0.25, 0.3) is 0 Å². The summed E-state index contributed by atoms with van der Waals surface area (Å²) in [6.45, 7) is 0.822. The summed E-state index contributed by atoms with van der Waals surface area (Å²) >= 11 is 0. The first kappa shape index (κ1) is 8.75. The number of rotatable bonds is 3. The Bertz CT molecular complexity index is 249. The van der Waals surface area contributed by atoms with Crippen LogP contribution >= 0.6 is 0 Å². The minimum atomic E-state index is -0.628. The summed E-state index contributed by atoms with van der Waals surface area (Å²) in [6.07, 6.45) is 5.31. The molecular weight excluding hydrogens is 166 g/mol. The van der Waals surface area contributed by atoms with Gasteiger partial charge in [0.05, 0.1) is 5.92 Å². The average Bonchev–Trinajstić information content (AvgIpc) is 2.63. The van der Waals surface area contributed by atoms with E-state index in [-0.39, 0.29) is 5.92 Å². The van der Waals surface area contributed by atoms with E-state index >= 15 is 0 Å². The van der Waals surface area contributed by atoms with Crippen LogP contribution in [0, 0.1) is 23.7 Å². The van der Waals surface area contributed by atoms with Gasteiger partial charge in [0.15, 0.2) is 0 Å². The molecule has 0 aromatic rings. The molecule has 3 nitrogen and oxygen atoms in total. The van der Waals surface area contributed by atoms with Crippen molar-refractivity contribution in [2.75, 3.05) is 13.6 Å². The molecule has 13 heavy (non-hydrogen) atoms. The van der Waals surface area contributed by atoms with E-state index < -0.39 is 5.97 Å². The highest BCUT2D eigenvalue weighted by atomic mass is 16.4. The standard InChI is InChI=1S/C10H15NO2/c1-11-5-8-6-2-3-7(4-6)9(8)10(12)13/h2-3,6-9,11H,4-5H2,1H3,(H,12,13). The van der Waals surface area contributed by atoms with Gasteiger partial charge in [-0.25, -0.2) is 0 Å². The molecule has 0 amide bonds. The molecule has 2 bridgehead atoms. The second-order valence-electron chi connectivity index (χ2n) is 4.03. The molecule has 1 fully saturated rings. The van der Waals surface area contributed by atoms with Gasteiger partial charge < -0.3 is 10.4 Å². The van der Waals surface area contributed by atoms with Crippen LogP contribution in [-0.2, 0) is 4.79 Å². The highest BCUT2D eigenvalue weighted by molar-refractivity contribution is 5.72. The Kier molecular flexibility index (Phi) is 2.12. The Labute approximate surface area is 77.8 Å². The number of aliphatic carboxylic acids is 1. The zero-order valence-electron chi connectivity index (χ0n) is 7.73. The molecule has 0 spiro atoms. The van der Waals surface area contributed by atoms with Gasteiger partial charge in [-0.1, -0.05) is 12.2 Å². The lowest BCUT2D eigenvalue weighted by atomic mass is 9.83. The largest absolute Gasteiger partial charge is 0.481 e. The summed E-state index contributed by atoms with van der Waals surface area (Å²) in [6, 6.07) is 0. The van der Waals surface area contributed by atoms with Gasteiger partial charge in [-0.15, -0.1) is 0 Å². The van der Waals surface area contributed by atoms with E-state index in [1.54, 1.807) is 0 Å². The Balaban J connectivity index is 2.15. The number of hydrogen-bond donors (Lipinski definition) is 2. The fourth-order valence-corrected chi connectivity index (χ4v) is 2.80. The van der Waals surface area contributed by atoms with Crippen LogP contribution in [0.5, 0.6) is 0 Å². The first-order valence-corrected chi connectivity index (χ1v) is 4.79. The third kappa shape index (κ3) is 1.27. The third-order valence-corrected chi connectivity index (χ3v) is 3.35. The van der Waals surface area contributed by atoms with Crippen LogP contribution in [0.1, 0.15) is 6.42 Å². The highest BCUT2D eigenvalue weighted by Crippen LogP contribution is 2.47. The predicted molar refractivity (Wildman–Crippen MR) is 49.3 cm³/mol. The second-order valence-corrected chi connectivity index (χ2v) is 4.03. The normalized spacial score (nSPS) is 41.3. The van der Waals surface area contributed by atoms with Crippen LogP contribution in [0.15, 0.2) is 12.2 Å². The average molecular weight is 181 g/mol. The van der Waals surface area contributed by atoms with E-state index in [1.807, 2.05) is 7.05 Å². The van der Waals surface area contributed by atoms with Crippen molar-refractivity contribution in [3.63, 3.8) is 0 Å². The molecule has 2 rings (SSSR count). The van der Waals surface area contributed by atoms with E-state index in [0.29, 0.717) is 17.8 Å². The number of hydrogen-bond acceptors (Lipinski definition) is 2. The van der Waals surface area contributed by atoms with Gasteiger partial charge in [-0.3, -0.25) is 4.79 Å². The number of nitrogens with one attached hydrogen (secondary N) is 1. The van der Waals surface area contributed by atoms with Gasteiger partial charge in [0.1, 0.15) is 0 Å². The molecule has 72 valence electrons. The fourth-order valence-electron chi connectivity index (χ4n) is 2.80. The molecule has 0 radical (unpaired) electrons. The van der Waals surface area contributed by atoms with Gasteiger partial charge in [0, 0.05) is 0 Å².